The zero-order valence-electron chi connectivity index (χ0n) is 8.05. The molecule has 0 N–H and O–H groups in total. The number of hydrogen-bond donors (Lipinski definition) is 0. The highest BCUT2D eigenvalue weighted by atomic mass is 32.1. The first kappa shape index (κ1) is 8.62. The highest BCUT2D eigenvalue weighted by Crippen LogP contribution is 2.27. The smallest absolute Gasteiger partial charge is 0.0346 e. The Morgan fingerprint density at radius 1 is 1.00 bits per heavy atom. The van der Waals surface area contributed by atoms with Crippen molar-refractivity contribution in [3.63, 3.8) is 0 Å². The summed E-state index contributed by atoms with van der Waals surface area (Å²) < 4.78 is 0. The number of pyridine rings is 1. The standard InChI is InChI=1S/C13H9NS/c1-2-13(15-7-1)11-4-3-10-5-6-14-9-12(10)8-11/h1-9H. The lowest BCUT2D eigenvalue weighted by molar-refractivity contribution is 1.36. The predicted octanol–water partition coefficient (Wildman–Crippen LogP) is 3.96. The first-order valence-corrected chi connectivity index (χ1v) is 5.69. The van der Waals surface area contributed by atoms with Crippen LogP contribution >= 0.6 is 11.3 Å². The van der Waals surface area contributed by atoms with E-state index >= 15 is 0 Å². The van der Waals surface area contributed by atoms with Gasteiger partial charge in [-0.1, -0.05) is 18.2 Å². The first-order valence-electron chi connectivity index (χ1n) is 4.81. The van der Waals surface area contributed by atoms with Gasteiger partial charge in [0, 0.05) is 22.7 Å². The highest BCUT2D eigenvalue weighted by Gasteiger charge is 1.99. The molecule has 0 aliphatic carbocycles. The molecule has 2 heteroatoms. The molecule has 1 aromatic carbocycles. The Morgan fingerprint density at radius 2 is 2.00 bits per heavy atom. The Hall–Kier alpha value is -1.67. The van der Waals surface area contributed by atoms with Gasteiger partial charge in [-0.15, -0.1) is 11.3 Å². The maximum atomic E-state index is 4.14. The topological polar surface area (TPSA) is 12.9 Å². The van der Waals surface area contributed by atoms with Gasteiger partial charge in [0.25, 0.3) is 0 Å². The fourth-order valence-electron chi connectivity index (χ4n) is 1.68. The SMILES string of the molecule is c1csc(-c2ccc3ccncc3c2)c1. The van der Waals surface area contributed by atoms with Crippen molar-refractivity contribution in [3.8, 4) is 10.4 Å². The Bertz CT molecular complexity index is 584. The van der Waals surface area contributed by atoms with Crippen molar-refractivity contribution in [1.82, 2.24) is 4.98 Å². The quantitative estimate of drug-likeness (QED) is 0.593. The normalized spacial score (nSPS) is 10.7. The molecular formula is C13H9NS. The van der Waals surface area contributed by atoms with Crippen molar-refractivity contribution in [3.05, 3.63) is 54.2 Å². The molecule has 0 spiro atoms. The number of hydrogen-bond acceptors (Lipinski definition) is 2. The van der Waals surface area contributed by atoms with E-state index in [4.69, 9.17) is 0 Å². The summed E-state index contributed by atoms with van der Waals surface area (Å²) in [5.41, 5.74) is 1.27. The molecule has 15 heavy (non-hydrogen) atoms. The van der Waals surface area contributed by atoms with E-state index in [1.807, 2.05) is 18.5 Å². The van der Waals surface area contributed by atoms with Crippen LogP contribution in [-0.4, -0.2) is 4.98 Å². The molecule has 0 radical (unpaired) electrons. The minimum absolute atomic E-state index is 1.20. The van der Waals surface area contributed by atoms with Crippen LogP contribution in [0.1, 0.15) is 0 Å². The summed E-state index contributed by atoms with van der Waals surface area (Å²) in [5, 5.41) is 4.54. The summed E-state index contributed by atoms with van der Waals surface area (Å²) >= 11 is 1.76. The monoisotopic (exact) mass is 211 g/mol. The van der Waals surface area contributed by atoms with Gasteiger partial charge < -0.3 is 0 Å². The van der Waals surface area contributed by atoms with E-state index in [1.165, 1.54) is 21.2 Å². The molecule has 0 bridgehead atoms. The third kappa shape index (κ3) is 1.53. The van der Waals surface area contributed by atoms with E-state index in [0.717, 1.165) is 0 Å². The molecule has 3 aromatic rings. The van der Waals surface area contributed by atoms with Crippen LogP contribution < -0.4 is 0 Å². The van der Waals surface area contributed by atoms with Crippen LogP contribution in [-0.2, 0) is 0 Å². The Morgan fingerprint density at radius 3 is 2.87 bits per heavy atom. The van der Waals surface area contributed by atoms with Gasteiger partial charge in [0.1, 0.15) is 0 Å². The van der Waals surface area contributed by atoms with Crippen molar-refractivity contribution in [2.45, 2.75) is 0 Å². The van der Waals surface area contributed by atoms with Gasteiger partial charge in [0.2, 0.25) is 0 Å². The van der Waals surface area contributed by atoms with Gasteiger partial charge in [-0.25, -0.2) is 0 Å². The molecular weight excluding hydrogens is 202 g/mol. The molecule has 0 fully saturated rings. The molecule has 3 rings (SSSR count). The summed E-state index contributed by atoms with van der Waals surface area (Å²) in [6, 6.07) is 12.7. The van der Waals surface area contributed by atoms with Crippen LogP contribution in [0.2, 0.25) is 0 Å². The van der Waals surface area contributed by atoms with Crippen LogP contribution in [0.25, 0.3) is 21.2 Å². The third-order valence-electron chi connectivity index (χ3n) is 2.45. The molecule has 2 heterocycles. The van der Waals surface area contributed by atoms with Crippen LogP contribution in [0.3, 0.4) is 0 Å². The molecule has 72 valence electrons. The van der Waals surface area contributed by atoms with Crippen molar-refractivity contribution in [1.29, 1.82) is 0 Å². The molecule has 0 saturated heterocycles. The number of fused-ring (bicyclic) bond motifs is 1. The third-order valence-corrected chi connectivity index (χ3v) is 3.37. The number of nitrogens with zero attached hydrogens (tertiary/aromatic N) is 1. The van der Waals surface area contributed by atoms with Crippen molar-refractivity contribution in [2.24, 2.45) is 0 Å². The number of thiophene rings is 1. The van der Waals surface area contributed by atoms with Gasteiger partial charge in [-0.05, 0) is 34.5 Å². The molecule has 1 nitrogen and oxygen atoms in total. The van der Waals surface area contributed by atoms with E-state index in [2.05, 4.69) is 40.7 Å². The van der Waals surface area contributed by atoms with Crippen LogP contribution in [0, 0.1) is 0 Å². The summed E-state index contributed by atoms with van der Waals surface area (Å²) in [6.45, 7) is 0. The first-order chi connectivity index (χ1) is 7.43. The molecule has 0 atom stereocenters. The number of benzene rings is 1. The van der Waals surface area contributed by atoms with Crippen molar-refractivity contribution in [2.75, 3.05) is 0 Å². The lowest BCUT2D eigenvalue weighted by atomic mass is 10.1. The fraction of sp³-hybridized carbons (Fsp3) is 0. The average molecular weight is 211 g/mol. The van der Waals surface area contributed by atoms with E-state index in [0.29, 0.717) is 0 Å². The minimum atomic E-state index is 1.20. The van der Waals surface area contributed by atoms with Gasteiger partial charge in [-0.3, -0.25) is 4.98 Å². The van der Waals surface area contributed by atoms with E-state index in [1.54, 1.807) is 11.3 Å². The largest absolute Gasteiger partial charge is 0.264 e. The van der Waals surface area contributed by atoms with E-state index < -0.39 is 0 Å². The second-order valence-electron chi connectivity index (χ2n) is 3.41. The van der Waals surface area contributed by atoms with Gasteiger partial charge in [0.05, 0.1) is 0 Å². The number of aromatic nitrogens is 1. The second kappa shape index (κ2) is 3.48. The fourth-order valence-corrected chi connectivity index (χ4v) is 2.41. The van der Waals surface area contributed by atoms with Crippen LogP contribution in [0.5, 0.6) is 0 Å². The molecule has 2 aromatic heterocycles. The molecule has 0 aliphatic heterocycles. The Balaban J connectivity index is 2.22. The zero-order chi connectivity index (χ0) is 10.1. The van der Waals surface area contributed by atoms with E-state index in [9.17, 15) is 0 Å². The predicted molar refractivity (Wildman–Crippen MR) is 65.1 cm³/mol. The molecule has 0 aliphatic rings. The Kier molecular flexibility index (Phi) is 2.00. The summed E-state index contributed by atoms with van der Waals surface area (Å²) in [7, 11) is 0. The van der Waals surface area contributed by atoms with Gasteiger partial charge in [0.15, 0.2) is 0 Å². The maximum Gasteiger partial charge on any atom is 0.0346 e. The van der Waals surface area contributed by atoms with Crippen LogP contribution in [0.15, 0.2) is 54.2 Å². The van der Waals surface area contributed by atoms with Crippen molar-refractivity contribution < 1.29 is 0 Å². The highest BCUT2D eigenvalue weighted by molar-refractivity contribution is 7.13. The molecule has 0 saturated carbocycles. The molecule has 0 unspecified atom stereocenters. The summed E-state index contributed by atoms with van der Waals surface area (Å²) in [5.74, 6) is 0. The minimum Gasteiger partial charge on any atom is -0.264 e. The van der Waals surface area contributed by atoms with Gasteiger partial charge >= 0.3 is 0 Å². The zero-order valence-corrected chi connectivity index (χ0v) is 8.87. The second-order valence-corrected chi connectivity index (χ2v) is 4.36. The van der Waals surface area contributed by atoms with E-state index in [-0.39, 0.29) is 0 Å². The summed E-state index contributed by atoms with van der Waals surface area (Å²) in [4.78, 5) is 5.44. The lowest BCUT2D eigenvalue weighted by Gasteiger charge is -2.00. The molecule has 0 amide bonds. The average Bonchev–Trinajstić information content (AvgIpc) is 2.82. The Labute approximate surface area is 92.0 Å². The van der Waals surface area contributed by atoms with Crippen molar-refractivity contribution >= 4 is 22.1 Å². The van der Waals surface area contributed by atoms with Crippen LogP contribution in [0.4, 0.5) is 0 Å². The lowest BCUT2D eigenvalue weighted by Crippen LogP contribution is -1.76. The van der Waals surface area contributed by atoms with Gasteiger partial charge in [-0.2, -0.15) is 0 Å². The summed E-state index contributed by atoms with van der Waals surface area (Å²) in [6.07, 6.45) is 3.74. The maximum absolute atomic E-state index is 4.14. The number of rotatable bonds is 1.